The summed E-state index contributed by atoms with van der Waals surface area (Å²) in [4.78, 5) is 22.7. The summed E-state index contributed by atoms with van der Waals surface area (Å²) in [6, 6.07) is 8.29. The molecule has 0 radical (unpaired) electrons. The molecule has 0 fully saturated rings. The number of benzene rings is 1. The first-order valence-corrected chi connectivity index (χ1v) is 6.04. The van der Waals surface area contributed by atoms with E-state index in [-0.39, 0.29) is 6.42 Å². The van der Waals surface area contributed by atoms with Crippen LogP contribution in [-0.4, -0.2) is 28.8 Å². The summed E-state index contributed by atoms with van der Waals surface area (Å²) in [6.07, 6.45) is -0.978. The molecule has 0 aliphatic rings. The van der Waals surface area contributed by atoms with Crippen molar-refractivity contribution in [1.82, 2.24) is 5.32 Å². The number of hydrogen-bond acceptors (Lipinski definition) is 3. The van der Waals surface area contributed by atoms with E-state index in [1.54, 1.807) is 20.8 Å². The van der Waals surface area contributed by atoms with Crippen molar-refractivity contribution >= 4 is 12.1 Å². The Morgan fingerprint density at radius 1 is 1.26 bits per heavy atom. The minimum absolute atomic E-state index is 0.266. The second kappa shape index (κ2) is 6.22. The van der Waals surface area contributed by atoms with Crippen LogP contribution >= 0.6 is 0 Å². The van der Waals surface area contributed by atoms with Gasteiger partial charge in [-0.1, -0.05) is 30.3 Å². The minimum atomic E-state index is -1.24. The van der Waals surface area contributed by atoms with Crippen molar-refractivity contribution in [1.29, 1.82) is 0 Å². The highest BCUT2D eigenvalue weighted by molar-refractivity contribution is 5.81. The number of hydrogen-bond donors (Lipinski definition) is 2. The van der Waals surface area contributed by atoms with Crippen LogP contribution in [0.5, 0.6) is 0 Å². The first-order valence-electron chi connectivity index (χ1n) is 6.04. The molecule has 1 atom stereocenters. The minimum Gasteiger partial charge on any atom is -0.465 e. The molecule has 1 aromatic rings. The van der Waals surface area contributed by atoms with Gasteiger partial charge >= 0.3 is 12.1 Å². The molecule has 0 aliphatic carbocycles. The third kappa shape index (κ3) is 5.90. The normalized spacial score (nSPS) is 12.6. The molecule has 0 spiro atoms. The molecule has 104 valence electrons. The van der Waals surface area contributed by atoms with Gasteiger partial charge in [-0.3, -0.25) is 0 Å². The van der Waals surface area contributed by atoms with Gasteiger partial charge in [-0.25, -0.2) is 9.59 Å². The summed E-state index contributed by atoms with van der Waals surface area (Å²) < 4.78 is 5.21. The van der Waals surface area contributed by atoms with Crippen LogP contribution in [0.4, 0.5) is 4.79 Å². The van der Waals surface area contributed by atoms with Crippen LogP contribution in [0.3, 0.4) is 0 Å². The molecule has 0 aromatic heterocycles. The molecule has 2 N–H and O–H groups in total. The van der Waals surface area contributed by atoms with Crippen LogP contribution < -0.4 is 5.32 Å². The van der Waals surface area contributed by atoms with Crippen molar-refractivity contribution in [2.75, 3.05) is 0 Å². The number of rotatable bonds is 4. The summed E-state index contributed by atoms with van der Waals surface area (Å²) in [5.74, 6) is -0.571. The Balaban J connectivity index is 2.77. The zero-order chi connectivity index (χ0) is 14.5. The van der Waals surface area contributed by atoms with Crippen LogP contribution in [0.15, 0.2) is 30.3 Å². The van der Waals surface area contributed by atoms with E-state index in [1.165, 1.54) is 0 Å². The maximum absolute atomic E-state index is 12.0. The molecule has 1 aromatic carbocycles. The van der Waals surface area contributed by atoms with E-state index in [9.17, 15) is 9.59 Å². The van der Waals surface area contributed by atoms with E-state index in [4.69, 9.17) is 9.84 Å². The summed E-state index contributed by atoms with van der Waals surface area (Å²) in [6.45, 7) is 5.22. The molecule has 1 amide bonds. The molecule has 0 aliphatic heterocycles. The number of amides is 1. The van der Waals surface area contributed by atoms with Crippen molar-refractivity contribution < 1.29 is 19.4 Å². The van der Waals surface area contributed by atoms with Crippen molar-refractivity contribution in [3.8, 4) is 0 Å². The van der Waals surface area contributed by atoms with E-state index in [1.807, 2.05) is 30.3 Å². The Hall–Kier alpha value is -2.04. The Morgan fingerprint density at radius 3 is 2.32 bits per heavy atom. The average molecular weight is 265 g/mol. The predicted octanol–water partition coefficient (Wildman–Crippen LogP) is 2.21. The summed E-state index contributed by atoms with van der Waals surface area (Å²) in [5, 5.41) is 11.0. The molecular weight excluding hydrogens is 246 g/mol. The first-order chi connectivity index (χ1) is 8.78. The number of carbonyl (C=O) groups is 2. The maximum Gasteiger partial charge on any atom is 0.405 e. The van der Waals surface area contributed by atoms with Gasteiger partial charge in [0.25, 0.3) is 0 Å². The van der Waals surface area contributed by atoms with Gasteiger partial charge in [-0.2, -0.15) is 0 Å². The van der Waals surface area contributed by atoms with Crippen LogP contribution in [0.25, 0.3) is 0 Å². The van der Waals surface area contributed by atoms with Gasteiger partial charge in [0.05, 0.1) is 0 Å². The standard InChI is InChI=1S/C14H19NO4/c1-14(2,3)19-12(16)11(15-13(17)18)9-10-7-5-4-6-8-10/h4-8,11,15H,9H2,1-3H3,(H,17,18)/t11-/m0/s1. The van der Waals surface area contributed by atoms with E-state index >= 15 is 0 Å². The van der Waals surface area contributed by atoms with E-state index < -0.39 is 23.7 Å². The van der Waals surface area contributed by atoms with Crippen LogP contribution in [-0.2, 0) is 16.0 Å². The monoisotopic (exact) mass is 265 g/mol. The van der Waals surface area contributed by atoms with E-state index in [0.717, 1.165) is 5.56 Å². The van der Waals surface area contributed by atoms with E-state index in [2.05, 4.69) is 5.32 Å². The number of esters is 1. The topological polar surface area (TPSA) is 75.6 Å². The van der Waals surface area contributed by atoms with Crippen molar-refractivity contribution in [3.05, 3.63) is 35.9 Å². The van der Waals surface area contributed by atoms with Crippen LogP contribution in [0.2, 0.25) is 0 Å². The molecule has 5 nitrogen and oxygen atoms in total. The van der Waals surface area contributed by atoms with Crippen molar-refractivity contribution in [2.45, 2.75) is 38.8 Å². The lowest BCUT2D eigenvalue weighted by atomic mass is 10.1. The molecule has 0 saturated heterocycles. The molecule has 0 bridgehead atoms. The van der Waals surface area contributed by atoms with Crippen LogP contribution in [0.1, 0.15) is 26.3 Å². The number of nitrogens with one attached hydrogen (secondary N) is 1. The third-order valence-corrected chi connectivity index (χ3v) is 2.27. The van der Waals surface area contributed by atoms with Gasteiger partial charge in [-0.05, 0) is 26.3 Å². The highest BCUT2D eigenvalue weighted by Gasteiger charge is 2.26. The number of carboxylic acid groups (broad SMARTS) is 1. The SMILES string of the molecule is CC(C)(C)OC(=O)[C@H](Cc1ccccc1)NC(=O)O. The highest BCUT2D eigenvalue weighted by atomic mass is 16.6. The van der Waals surface area contributed by atoms with Gasteiger partial charge in [0.1, 0.15) is 11.6 Å². The lowest BCUT2D eigenvalue weighted by Gasteiger charge is -2.24. The zero-order valence-corrected chi connectivity index (χ0v) is 11.3. The van der Waals surface area contributed by atoms with Gasteiger partial charge in [0.15, 0.2) is 0 Å². The molecule has 0 unspecified atom stereocenters. The fourth-order valence-electron chi connectivity index (χ4n) is 1.57. The number of ether oxygens (including phenoxy) is 1. The van der Waals surface area contributed by atoms with E-state index in [0.29, 0.717) is 0 Å². The first kappa shape index (κ1) is 15.0. The Morgan fingerprint density at radius 2 is 1.84 bits per heavy atom. The van der Waals surface area contributed by atoms with Gasteiger partial charge in [0.2, 0.25) is 0 Å². The highest BCUT2D eigenvalue weighted by Crippen LogP contribution is 2.11. The molecule has 1 rings (SSSR count). The van der Waals surface area contributed by atoms with Gasteiger partial charge in [-0.15, -0.1) is 0 Å². The second-order valence-electron chi connectivity index (χ2n) is 5.23. The molecule has 19 heavy (non-hydrogen) atoms. The molecule has 0 heterocycles. The molecular formula is C14H19NO4. The smallest absolute Gasteiger partial charge is 0.405 e. The predicted molar refractivity (Wildman–Crippen MR) is 70.9 cm³/mol. The Bertz CT molecular complexity index is 437. The van der Waals surface area contributed by atoms with Crippen molar-refractivity contribution in [2.24, 2.45) is 0 Å². The molecule has 0 saturated carbocycles. The summed E-state index contributed by atoms with van der Waals surface area (Å²) in [5.41, 5.74) is 0.221. The lowest BCUT2D eigenvalue weighted by Crippen LogP contribution is -2.45. The molecule has 5 heteroatoms. The summed E-state index contributed by atoms with van der Waals surface area (Å²) >= 11 is 0. The lowest BCUT2D eigenvalue weighted by molar-refractivity contribution is -0.157. The number of carbonyl (C=O) groups excluding carboxylic acids is 1. The van der Waals surface area contributed by atoms with Crippen LogP contribution in [0, 0.1) is 0 Å². The largest absolute Gasteiger partial charge is 0.465 e. The summed E-state index contributed by atoms with van der Waals surface area (Å²) in [7, 11) is 0. The average Bonchev–Trinajstić information content (AvgIpc) is 2.26. The second-order valence-corrected chi connectivity index (χ2v) is 5.23. The van der Waals surface area contributed by atoms with Crippen molar-refractivity contribution in [3.63, 3.8) is 0 Å². The Labute approximate surface area is 112 Å². The van der Waals surface area contributed by atoms with Gasteiger partial charge < -0.3 is 15.2 Å². The zero-order valence-electron chi connectivity index (χ0n) is 11.3. The van der Waals surface area contributed by atoms with Gasteiger partial charge in [0, 0.05) is 6.42 Å². The Kier molecular flexibility index (Phi) is 4.92. The third-order valence-electron chi connectivity index (χ3n) is 2.27. The fraction of sp³-hybridized carbons (Fsp3) is 0.429. The quantitative estimate of drug-likeness (QED) is 0.818. The maximum atomic E-state index is 12.0. The fourth-order valence-corrected chi connectivity index (χ4v) is 1.57.